The maximum atomic E-state index is 12.8. The smallest absolute Gasteiger partial charge is 0.369 e. The van der Waals surface area contributed by atoms with Crippen molar-refractivity contribution in [3.63, 3.8) is 0 Å². The first kappa shape index (κ1) is 14.7. The lowest BCUT2D eigenvalue weighted by Gasteiger charge is -2.26. The van der Waals surface area contributed by atoms with E-state index in [4.69, 9.17) is 5.73 Å². The van der Waals surface area contributed by atoms with Crippen molar-refractivity contribution in [1.29, 1.82) is 0 Å². The molecule has 0 saturated carbocycles. The second kappa shape index (κ2) is 4.06. The van der Waals surface area contributed by atoms with Crippen molar-refractivity contribution in [2.75, 3.05) is 13.1 Å². The Bertz CT molecular complexity index is 382. The fourth-order valence-electron chi connectivity index (χ4n) is 1.66. The highest BCUT2D eigenvalue weighted by molar-refractivity contribution is 5.87. The van der Waals surface area contributed by atoms with Gasteiger partial charge in [-0.1, -0.05) is 0 Å². The third kappa shape index (κ3) is 2.25. The average molecular weight is 274 g/mol. The molecule has 0 spiro atoms. The summed E-state index contributed by atoms with van der Waals surface area (Å²) in [6.07, 6.45) is -5.99. The van der Waals surface area contributed by atoms with Gasteiger partial charge in [-0.15, -0.1) is 0 Å². The molecule has 4 nitrogen and oxygen atoms in total. The van der Waals surface area contributed by atoms with E-state index >= 15 is 0 Å². The zero-order valence-corrected chi connectivity index (χ0v) is 9.35. The van der Waals surface area contributed by atoms with Crippen LogP contribution in [-0.2, 0) is 9.59 Å². The summed E-state index contributed by atoms with van der Waals surface area (Å²) in [5, 5.41) is 0. The Labute approximate surface area is 98.9 Å². The first-order valence-electron chi connectivity index (χ1n) is 4.96. The summed E-state index contributed by atoms with van der Waals surface area (Å²) in [7, 11) is 0. The monoisotopic (exact) mass is 274 g/mol. The molecule has 18 heavy (non-hydrogen) atoms. The number of amides is 2. The molecule has 0 aromatic carbocycles. The van der Waals surface area contributed by atoms with Gasteiger partial charge < -0.3 is 10.6 Å². The normalized spacial score (nSPS) is 25.3. The van der Waals surface area contributed by atoms with Crippen molar-refractivity contribution in [1.82, 2.24) is 4.90 Å². The molecule has 1 heterocycles. The van der Waals surface area contributed by atoms with Crippen LogP contribution in [0.1, 0.15) is 13.3 Å². The molecule has 1 fully saturated rings. The fraction of sp³-hybridized carbons (Fsp3) is 0.778. The Kier molecular flexibility index (Phi) is 3.30. The van der Waals surface area contributed by atoms with E-state index in [-0.39, 0.29) is 13.0 Å². The van der Waals surface area contributed by atoms with Gasteiger partial charge in [0.25, 0.3) is 0 Å². The number of carbonyl (C=O) groups excluding carboxylic acids is 2. The molecule has 1 unspecified atom stereocenters. The molecule has 1 rings (SSSR count). The first-order chi connectivity index (χ1) is 7.92. The first-order valence-corrected chi connectivity index (χ1v) is 4.96. The Hall–Kier alpha value is -1.41. The van der Waals surface area contributed by atoms with Gasteiger partial charge in [0, 0.05) is 13.1 Å². The lowest BCUT2D eigenvalue weighted by molar-refractivity contribution is -0.274. The van der Waals surface area contributed by atoms with Gasteiger partial charge in [0.15, 0.2) is 0 Å². The van der Waals surface area contributed by atoms with Gasteiger partial charge in [-0.3, -0.25) is 9.59 Å². The number of rotatable bonds is 2. The molecule has 1 aliphatic heterocycles. The molecule has 0 aliphatic carbocycles. The molecule has 9 heteroatoms. The van der Waals surface area contributed by atoms with Crippen LogP contribution in [0.3, 0.4) is 0 Å². The van der Waals surface area contributed by atoms with Crippen LogP contribution in [0.25, 0.3) is 0 Å². The summed E-state index contributed by atoms with van der Waals surface area (Å²) in [4.78, 5) is 22.5. The largest absolute Gasteiger partial charge is 0.463 e. The summed E-state index contributed by atoms with van der Waals surface area (Å²) >= 11 is 0. The zero-order valence-electron chi connectivity index (χ0n) is 9.35. The minimum atomic E-state index is -5.95. The number of alkyl halides is 5. The van der Waals surface area contributed by atoms with Gasteiger partial charge in [0.2, 0.25) is 5.91 Å². The Morgan fingerprint density at radius 2 is 1.72 bits per heavy atom. The number of hydrogen-bond acceptors (Lipinski definition) is 2. The van der Waals surface area contributed by atoms with Gasteiger partial charge in [-0.2, -0.15) is 22.0 Å². The predicted octanol–water partition coefficient (Wildman–Crippen LogP) is 0.908. The maximum Gasteiger partial charge on any atom is 0.463 e. The van der Waals surface area contributed by atoms with Crippen LogP contribution in [0.4, 0.5) is 22.0 Å². The summed E-state index contributed by atoms with van der Waals surface area (Å²) in [6.45, 7) is 0.422. The standard InChI is InChI=1S/C9H11F5N2O2/c1-7(5(15)17)2-3-16(4-7)6(18)8(10,11)9(12,13)14/h2-4H2,1H3,(H2,15,17). The second-order valence-electron chi connectivity index (χ2n) is 4.47. The van der Waals surface area contributed by atoms with E-state index in [1.165, 1.54) is 6.92 Å². The minimum Gasteiger partial charge on any atom is -0.369 e. The van der Waals surface area contributed by atoms with Gasteiger partial charge in [-0.05, 0) is 13.3 Å². The SMILES string of the molecule is CC1(C(N)=O)CCN(C(=O)C(F)(F)C(F)(F)F)C1. The molecule has 0 bridgehead atoms. The van der Waals surface area contributed by atoms with Crippen molar-refractivity contribution in [2.45, 2.75) is 25.4 Å². The molecule has 104 valence electrons. The van der Waals surface area contributed by atoms with E-state index in [1.807, 2.05) is 0 Å². The lowest BCUT2D eigenvalue weighted by Crippen LogP contribution is -2.52. The van der Waals surface area contributed by atoms with Crippen LogP contribution in [0, 0.1) is 5.41 Å². The summed E-state index contributed by atoms with van der Waals surface area (Å²) in [5.41, 5.74) is 3.74. The van der Waals surface area contributed by atoms with Gasteiger partial charge >= 0.3 is 18.0 Å². The Morgan fingerprint density at radius 1 is 1.22 bits per heavy atom. The van der Waals surface area contributed by atoms with Crippen LogP contribution in [0.15, 0.2) is 0 Å². The average Bonchev–Trinajstić information content (AvgIpc) is 2.59. The fourth-order valence-corrected chi connectivity index (χ4v) is 1.66. The molecule has 2 amide bonds. The van der Waals surface area contributed by atoms with E-state index in [9.17, 15) is 31.5 Å². The third-order valence-electron chi connectivity index (χ3n) is 2.98. The van der Waals surface area contributed by atoms with Crippen molar-refractivity contribution in [3.05, 3.63) is 0 Å². The number of hydrogen-bond donors (Lipinski definition) is 1. The number of carbonyl (C=O) groups is 2. The van der Waals surface area contributed by atoms with Crippen molar-refractivity contribution >= 4 is 11.8 Å². The number of primary amides is 1. The quantitative estimate of drug-likeness (QED) is 0.761. The Morgan fingerprint density at radius 3 is 2.06 bits per heavy atom. The highest BCUT2D eigenvalue weighted by Crippen LogP contribution is 2.39. The van der Waals surface area contributed by atoms with Crippen LogP contribution < -0.4 is 5.73 Å². The van der Waals surface area contributed by atoms with Crippen LogP contribution in [0.5, 0.6) is 0 Å². The lowest BCUT2D eigenvalue weighted by atomic mass is 9.89. The molecular weight excluding hydrogens is 263 g/mol. The van der Waals surface area contributed by atoms with Crippen molar-refractivity contribution < 1.29 is 31.5 Å². The van der Waals surface area contributed by atoms with Crippen LogP contribution in [0.2, 0.25) is 0 Å². The van der Waals surface area contributed by atoms with Crippen LogP contribution >= 0.6 is 0 Å². The molecule has 0 aromatic rings. The zero-order chi connectivity index (χ0) is 14.4. The van der Waals surface area contributed by atoms with Gasteiger partial charge in [0.05, 0.1) is 5.41 Å². The molecule has 2 N–H and O–H groups in total. The Balaban J connectivity index is 2.87. The summed E-state index contributed by atoms with van der Waals surface area (Å²) in [5.74, 6) is -8.64. The topological polar surface area (TPSA) is 63.4 Å². The number of nitrogens with two attached hydrogens (primary N) is 1. The predicted molar refractivity (Wildman–Crippen MR) is 49.5 cm³/mol. The second-order valence-corrected chi connectivity index (χ2v) is 4.47. The highest BCUT2D eigenvalue weighted by atomic mass is 19.4. The minimum absolute atomic E-state index is 0.0397. The van der Waals surface area contributed by atoms with Gasteiger partial charge in [-0.25, -0.2) is 0 Å². The van der Waals surface area contributed by atoms with Gasteiger partial charge in [0.1, 0.15) is 0 Å². The molecular formula is C9H11F5N2O2. The van der Waals surface area contributed by atoms with E-state index in [0.29, 0.717) is 4.90 Å². The molecule has 1 aliphatic rings. The van der Waals surface area contributed by atoms with Crippen molar-refractivity contribution in [3.8, 4) is 0 Å². The molecule has 0 aromatic heterocycles. The van der Waals surface area contributed by atoms with E-state index in [1.54, 1.807) is 0 Å². The molecule has 0 radical (unpaired) electrons. The van der Waals surface area contributed by atoms with E-state index in [0.717, 1.165) is 0 Å². The number of likely N-dealkylation sites (tertiary alicyclic amines) is 1. The summed E-state index contributed by atoms with van der Waals surface area (Å²) in [6, 6.07) is 0. The number of halogens is 5. The molecule has 1 saturated heterocycles. The summed E-state index contributed by atoms with van der Waals surface area (Å²) < 4.78 is 61.6. The van der Waals surface area contributed by atoms with Crippen LogP contribution in [-0.4, -0.2) is 41.9 Å². The van der Waals surface area contributed by atoms with E-state index < -0.39 is 35.9 Å². The van der Waals surface area contributed by atoms with E-state index in [2.05, 4.69) is 0 Å². The highest BCUT2D eigenvalue weighted by Gasteiger charge is 2.65. The third-order valence-corrected chi connectivity index (χ3v) is 2.98. The maximum absolute atomic E-state index is 12.8. The number of nitrogens with zero attached hydrogens (tertiary/aromatic N) is 1. The molecule has 1 atom stereocenters. The van der Waals surface area contributed by atoms with Crippen molar-refractivity contribution in [2.24, 2.45) is 11.1 Å².